The molecule has 1 N–H and O–H groups in total. The number of rotatable bonds is 4. The molecule has 2 atom stereocenters. The fourth-order valence-corrected chi connectivity index (χ4v) is 3.87. The maximum absolute atomic E-state index is 12.2. The second-order valence-corrected chi connectivity index (χ2v) is 6.38. The molecule has 0 aliphatic carbocycles. The Morgan fingerprint density at radius 3 is 3.00 bits per heavy atom. The van der Waals surface area contributed by atoms with E-state index in [-0.39, 0.29) is 18.1 Å². The molecule has 6 heteroatoms. The molecule has 0 bridgehead atoms. The van der Waals surface area contributed by atoms with Crippen LogP contribution in [0.1, 0.15) is 6.42 Å². The molecule has 1 saturated heterocycles. The summed E-state index contributed by atoms with van der Waals surface area (Å²) >= 11 is 1.85. The molecule has 1 aromatic carbocycles. The molecule has 0 aromatic heterocycles. The lowest BCUT2D eigenvalue weighted by Gasteiger charge is -2.29. The summed E-state index contributed by atoms with van der Waals surface area (Å²) in [5, 5.41) is 2.93. The lowest BCUT2D eigenvalue weighted by atomic mass is 10.0. The van der Waals surface area contributed by atoms with Crippen molar-refractivity contribution in [2.45, 2.75) is 18.1 Å². The maximum atomic E-state index is 12.2. The summed E-state index contributed by atoms with van der Waals surface area (Å²) in [5.74, 6) is 3.12. The number of amides is 1. The smallest absolute Gasteiger partial charge is 0.264 e. The lowest BCUT2D eigenvalue weighted by Crippen LogP contribution is -2.50. The topological polar surface area (TPSA) is 56.8 Å². The van der Waals surface area contributed by atoms with Gasteiger partial charge in [-0.25, -0.2) is 0 Å². The van der Waals surface area contributed by atoms with Crippen LogP contribution in [0, 0.1) is 0 Å². The third-order valence-corrected chi connectivity index (χ3v) is 5.11. The van der Waals surface area contributed by atoms with Gasteiger partial charge in [0, 0.05) is 19.4 Å². The van der Waals surface area contributed by atoms with Crippen molar-refractivity contribution in [3.8, 4) is 11.5 Å². The second kappa shape index (κ2) is 6.15. The fraction of sp³-hybridized carbons (Fsp3) is 0.533. The zero-order valence-corrected chi connectivity index (χ0v) is 12.8. The number of hydrogen-bond donors (Lipinski definition) is 1. The Balaban J connectivity index is 1.57. The number of hydrogen-bond acceptors (Lipinski definition) is 5. The van der Waals surface area contributed by atoms with E-state index in [1.165, 1.54) is 0 Å². The van der Waals surface area contributed by atoms with Gasteiger partial charge in [0.1, 0.15) is 6.61 Å². The van der Waals surface area contributed by atoms with Crippen molar-refractivity contribution in [1.29, 1.82) is 0 Å². The van der Waals surface area contributed by atoms with Crippen molar-refractivity contribution in [3.05, 3.63) is 24.3 Å². The van der Waals surface area contributed by atoms with Crippen LogP contribution in [-0.4, -0.2) is 49.4 Å². The largest absolute Gasteiger partial charge is 0.485 e. The van der Waals surface area contributed by atoms with E-state index in [2.05, 4.69) is 5.32 Å². The van der Waals surface area contributed by atoms with Gasteiger partial charge in [-0.2, -0.15) is 11.8 Å². The summed E-state index contributed by atoms with van der Waals surface area (Å²) in [4.78, 5) is 12.2. The number of nitrogens with one attached hydrogen (secondary N) is 1. The Labute approximate surface area is 128 Å². The van der Waals surface area contributed by atoms with Gasteiger partial charge < -0.3 is 19.5 Å². The molecule has 0 radical (unpaired) electrons. The zero-order valence-electron chi connectivity index (χ0n) is 12.0. The highest BCUT2D eigenvalue weighted by Crippen LogP contribution is 2.32. The second-order valence-electron chi connectivity index (χ2n) is 5.27. The van der Waals surface area contributed by atoms with E-state index in [1.807, 2.05) is 30.0 Å². The van der Waals surface area contributed by atoms with Crippen molar-refractivity contribution < 1.29 is 19.0 Å². The molecule has 5 nitrogen and oxygen atoms in total. The molecule has 21 heavy (non-hydrogen) atoms. The molecule has 0 saturated carbocycles. The number of para-hydroxylation sites is 2. The Morgan fingerprint density at radius 1 is 1.48 bits per heavy atom. The van der Waals surface area contributed by atoms with Gasteiger partial charge in [-0.15, -0.1) is 0 Å². The molecule has 114 valence electrons. The van der Waals surface area contributed by atoms with Crippen LogP contribution in [0.25, 0.3) is 0 Å². The SMILES string of the molecule is CO[C@]1(CNC(=O)[C@@H]2COc3ccccc3O2)CCSC1. The minimum absolute atomic E-state index is 0.155. The number of benzene rings is 1. The number of carbonyl (C=O) groups is 1. The minimum atomic E-state index is -0.608. The van der Waals surface area contributed by atoms with Crippen LogP contribution in [0.15, 0.2) is 24.3 Å². The van der Waals surface area contributed by atoms with E-state index >= 15 is 0 Å². The van der Waals surface area contributed by atoms with Crippen LogP contribution >= 0.6 is 11.8 Å². The van der Waals surface area contributed by atoms with E-state index < -0.39 is 6.10 Å². The number of fused-ring (bicyclic) bond motifs is 1. The number of thioether (sulfide) groups is 1. The van der Waals surface area contributed by atoms with Crippen LogP contribution < -0.4 is 14.8 Å². The van der Waals surface area contributed by atoms with E-state index in [4.69, 9.17) is 14.2 Å². The van der Waals surface area contributed by atoms with Crippen LogP contribution in [0.4, 0.5) is 0 Å². The Kier molecular flexibility index (Phi) is 4.26. The highest BCUT2D eigenvalue weighted by atomic mass is 32.2. The highest BCUT2D eigenvalue weighted by molar-refractivity contribution is 7.99. The standard InChI is InChI=1S/C15H19NO4S/c1-18-15(6-7-21-10-15)9-16-14(17)13-8-19-11-4-2-3-5-12(11)20-13/h2-5,13H,6-10H2,1H3,(H,16,17)/t13-,15-/m0/s1. The van der Waals surface area contributed by atoms with Gasteiger partial charge >= 0.3 is 0 Å². The fourth-order valence-electron chi connectivity index (χ4n) is 2.47. The van der Waals surface area contributed by atoms with E-state index in [0.29, 0.717) is 18.0 Å². The van der Waals surface area contributed by atoms with E-state index in [0.717, 1.165) is 17.9 Å². The van der Waals surface area contributed by atoms with Crippen LogP contribution in [0.5, 0.6) is 11.5 Å². The molecule has 3 rings (SSSR count). The highest BCUT2D eigenvalue weighted by Gasteiger charge is 2.36. The molecule has 1 amide bonds. The Morgan fingerprint density at radius 2 is 2.29 bits per heavy atom. The summed E-state index contributed by atoms with van der Waals surface area (Å²) < 4.78 is 16.8. The number of ether oxygens (including phenoxy) is 3. The van der Waals surface area contributed by atoms with Crippen molar-refractivity contribution in [1.82, 2.24) is 5.32 Å². The summed E-state index contributed by atoms with van der Waals surface area (Å²) in [6.45, 7) is 0.744. The van der Waals surface area contributed by atoms with Gasteiger partial charge in [-0.3, -0.25) is 4.79 Å². The minimum Gasteiger partial charge on any atom is -0.485 e. The van der Waals surface area contributed by atoms with Gasteiger partial charge in [0.2, 0.25) is 6.10 Å². The predicted molar refractivity (Wildman–Crippen MR) is 81.0 cm³/mol. The third kappa shape index (κ3) is 3.11. The molecule has 2 heterocycles. The van der Waals surface area contributed by atoms with Gasteiger partial charge in [0.25, 0.3) is 5.91 Å². The van der Waals surface area contributed by atoms with Crippen molar-refractivity contribution in [2.24, 2.45) is 0 Å². The van der Waals surface area contributed by atoms with Gasteiger partial charge in [-0.1, -0.05) is 12.1 Å². The Bertz CT molecular complexity index is 516. The summed E-state index contributed by atoms with van der Waals surface area (Å²) in [5.41, 5.74) is -0.242. The van der Waals surface area contributed by atoms with E-state index in [1.54, 1.807) is 13.2 Å². The van der Waals surface area contributed by atoms with Crippen molar-refractivity contribution in [2.75, 3.05) is 31.8 Å². The predicted octanol–water partition coefficient (Wildman–Crippen LogP) is 1.46. The quantitative estimate of drug-likeness (QED) is 0.912. The van der Waals surface area contributed by atoms with Gasteiger partial charge in [0.15, 0.2) is 11.5 Å². The van der Waals surface area contributed by atoms with Crippen LogP contribution in [0.3, 0.4) is 0 Å². The van der Waals surface area contributed by atoms with Crippen LogP contribution in [0.2, 0.25) is 0 Å². The van der Waals surface area contributed by atoms with Crippen molar-refractivity contribution in [3.63, 3.8) is 0 Å². The monoisotopic (exact) mass is 309 g/mol. The average molecular weight is 309 g/mol. The normalized spacial score (nSPS) is 27.4. The first-order chi connectivity index (χ1) is 10.2. The third-order valence-electron chi connectivity index (χ3n) is 3.89. The van der Waals surface area contributed by atoms with Crippen molar-refractivity contribution >= 4 is 17.7 Å². The molecule has 1 aromatic rings. The number of carbonyl (C=O) groups excluding carboxylic acids is 1. The van der Waals surface area contributed by atoms with E-state index in [9.17, 15) is 4.79 Å². The lowest BCUT2D eigenvalue weighted by molar-refractivity contribution is -0.131. The molecule has 2 aliphatic heterocycles. The summed E-state index contributed by atoms with van der Waals surface area (Å²) in [6.07, 6.45) is 0.349. The first kappa shape index (κ1) is 14.5. The first-order valence-electron chi connectivity index (χ1n) is 7.01. The summed E-state index contributed by atoms with van der Waals surface area (Å²) in [6, 6.07) is 7.37. The zero-order chi connectivity index (χ0) is 14.7. The molecule has 2 aliphatic rings. The maximum Gasteiger partial charge on any atom is 0.264 e. The molecule has 1 fully saturated rings. The molecule has 0 spiro atoms. The van der Waals surface area contributed by atoms with Gasteiger partial charge in [-0.05, 0) is 24.3 Å². The van der Waals surface area contributed by atoms with Crippen LogP contribution in [-0.2, 0) is 9.53 Å². The Hall–Kier alpha value is -1.40. The molecular formula is C15H19NO4S. The molecular weight excluding hydrogens is 290 g/mol. The van der Waals surface area contributed by atoms with Gasteiger partial charge in [0.05, 0.1) is 5.60 Å². The summed E-state index contributed by atoms with van der Waals surface area (Å²) in [7, 11) is 1.70. The average Bonchev–Trinajstić information content (AvgIpc) is 3.01. The number of methoxy groups -OCH3 is 1. The molecule has 0 unspecified atom stereocenters. The first-order valence-corrected chi connectivity index (χ1v) is 8.17.